The van der Waals surface area contributed by atoms with Gasteiger partial charge in [-0.15, -0.1) is 24.8 Å². The zero-order valence-electron chi connectivity index (χ0n) is 11.5. The van der Waals surface area contributed by atoms with Crippen molar-refractivity contribution in [3.63, 3.8) is 0 Å². The van der Waals surface area contributed by atoms with Crippen molar-refractivity contribution in [1.82, 2.24) is 15.1 Å². The fourth-order valence-electron chi connectivity index (χ4n) is 1.73. The van der Waals surface area contributed by atoms with E-state index in [9.17, 15) is 4.79 Å². The van der Waals surface area contributed by atoms with Gasteiger partial charge in [-0.1, -0.05) is 19.8 Å². The molecule has 0 saturated carbocycles. The maximum atomic E-state index is 11.8. The van der Waals surface area contributed by atoms with E-state index in [1.165, 1.54) is 0 Å². The molecular weight excluding hydrogens is 287 g/mol. The number of aromatic nitrogens is 2. The van der Waals surface area contributed by atoms with Crippen LogP contribution < -0.4 is 11.1 Å². The molecule has 0 aromatic carbocycles. The molecule has 19 heavy (non-hydrogen) atoms. The Hall–Kier alpha value is -0.780. The summed E-state index contributed by atoms with van der Waals surface area (Å²) in [6, 6.07) is 0.0964. The number of hydrogen-bond donors (Lipinski definition) is 2. The Kier molecular flexibility index (Phi) is 12.0. The first kappa shape index (κ1) is 20.5. The molecule has 1 aromatic heterocycles. The van der Waals surface area contributed by atoms with Crippen molar-refractivity contribution in [2.45, 2.75) is 38.6 Å². The normalized spacial score (nSPS) is 11.1. The molecule has 0 aliphatic heterocycles. The lowest BCUT2D eigenvalue weighted by Crippen LogP contribution is -2.40. The fourth-order valence-corrected chi connectivity index (χ4v) is 1.73. The maximum absolute atomic E-state index is 11.8. The zero-order valence-corrected chi connectivity index (χ0v) is 13.1. The van der Waals surface area contributed by atoms with Crippen LogP contribution in [-0.4, -0.2) is 28.3 Å². The van der Waals surface area contributed by atoms with Gasteiger partial charge in [-0.25, -0.2) is 0 Å². The first-order valence-electron chi connectivity index (χ1n) is 6.12. The molecule has 1 atom stereocenters. The quantitative estimate of drug-likeness (QED) is 0.800. The van der Waals surface area contributed by atoms with Gasteiger partial charge >= 0.3 is 0 Å². The number of nitrogens with two attached hydrogens (primary N) is 1. The zero-order chi connectivity index (χ0) is 12.7. The number of hydrogen-bond acceptors (Lipinski definition) is 3. The Bertz CT molecular complexity index is 357. The first-order valence-corrected chi connectivity index (χ1v) is 6.12. The van der Waals surface area contributed by atoms with Gasteiger partial charge < -0.3 is 11.1 Å². The Morgan fingerprint density at radius 1 is 1.53 bits per heavy atom. The van der Waals surface area contributed by atoms with Gasteiger partial charge in [0.15, 0.2) is 0 Å². The molecule has 0 aliphatic carbocycles. The summed E-state index contributed by atoms with van der Waals surface area (Å²) in [6.45, 7) is 2.63. The smallest absolute Gasteiger partial charge is 0.224 e. The summed E-state index contributed by atoms with van der Waals surface area (Å²) in [7, 11) is 1.84. The van der Waals surface area contributed by atoms with E-state index >= 15 is 0 Å². The number of nitrogens with one attached hydrogen (secondary N) is 1. The van der Waals surface area contributed by atoms with E-state index in [4.69, 9.17) is 5.73 Å². The summed E-state index contributed by atoms with van der Waals surface area (Å²) in [4.78, 5) is 11.8. The van der Waals surface area contributed by atoms with Crippen molar-refractivity contribution in [3.05, 3.63) is 18.0 Å². The van der Waals surface area contributed by atoms with Crippen LogP contribution in [0.15, 0.2) is 12.4 Å². The SMILES string of the molecule is CCCCC(CN)NC(=O)Cc1cnn(C)c1.Cl.Cl. The number of aryl methyl sites for hydroxylation is 1. The monoisotopic (exact) mass is 310 g/mol. The molecule has 7 heteroatoms. The second kappa shape index (κ2) is 11.1. The van der Waals surface area contributed by atoms with Crippen molar-refractivity contribution in [2.75, 3.05) is 6.54 Å². The Morgan fingerprint density at radius 2 is 2.21 bits per heavy atom. The molecule has 0 bridgehead atoms. The van der Waals surface area contributed by atoms with E-state index in [-0.39, 0.29) is 36.8 Å². The third kappa shape index (κ3) is 8.08. The standard InChI is InChI=1S/C12H22N4O.2ClH/c1-3-4-5-11(7-13)15-12(17)6-10-8-14-16(2)9-10;;/h8-9,11H,3-7,13H2,1-2H3,(H,15,17);2*1H. The lowest BCUT2D eigenvalue weighted by molar-refractivity contribution is -0.121. The largest absolute Gasteiger partial charge is 0.352 e. The summed E-state index contributed by atoms with van der Waals surface area (Å²) in [5, 5.41) is 6.99. The van der Waals surface area contributed by atoms with Crippen molar-refractivity contribution >= 4 is 30.7 Å². The number of halogens is 2. The van der Waals surface area contributed by atoms with Gasteiger partial charge in [0.1, 0.15) is 0 Å². The van der Waals surface area contributed by atoms with Gasteiger partial charge in [0.25, 0.3) is 0 Å². The van der Waals surface area contributed by atoms with Gasteiger partial charge in [0.05, 0.1) is 12.6 Å². The van der Waals surface area contributed by atoms with Gasteiger partial charge in [0.2, 0.25) is 5.91 Å². The Labute approximate surface area is 127 Å². The lowest BCUT2D eigenvalue weighted by Gasteiger charge is -2.16. The van der Waals surface area contributed by atoms with E-state index in [2.05, 4.69) is 17.3 Å². The average Bonchev–Trinajstić information content (AvgIpc) is 2.69. The molecule has 0 radical (unpaired) electrons. The van der Waals surface area contributed by atoms with Crippen LogP contribution in [0.4, 0.5) is 0 Å². The van der Waals surface area contributed by atoms with Crippen LogP contribution in [0.5, 0.6) is 0 Å². The number of unbranched alkanes of at least 4 members (excludes halogenated alkanes) is 1. The van der Waals surface area contributed by atoms with E-state index < -0.39 is 0 Å². The van der Waals surface area contributed by atoms with E-state index in [1.54, 1.807) is 10.9 Å². The molecule has 1 heterocycles. The van der Waals surface area contributed by atoms with Crippen LogP contribution in [0, 0.1) is 0 Å². The number of rotatable bonds is 7. The average molecular weight is 311 g/mol. The van der Waals surface area contributed by atoms with Crippen LogP contribution in [0.1, 0.15) is 31.7 Å². The molecule has 0 saturated heterocycles. The van der Waals surface area contributed by atoms with Gasteiger partial charge in [0, 0.05) is 25.8 Å². The highest BCUT2D eigenvalue weighted by molar-refractivity contribution is 5.85. The highest BCUT2D eigenvalue weighted by atomic mass is 35.5. The Morgan fingerprint density at radius 3 is 2.68 bits per heavy atom. The topological polar surface area (TPSA) is 72.9 Å². The minimum atomic E-state index is 0. The summed E-state index contributed by atoms with van der Waals surface area (Å²) < 4.78 is 1.69. The summed E-state index contributed by atoms with van der Waals surface area (Å²) in [5.74, 6) is 0.0181. The molecule has 112 valence electrons. The van der Waals surface area contributed by atoms with E-state index in [1.807, 2.05) is 13.2 Å². The molecule has 3 N–H and O–H groups in total. The second-order valence-corrected chi connectivity index (χ2v) is 4.34. The molecule has 0 fully saturated rings. The lowest BCUT2D eigenvalue weighted by atomic mass is 10.1. The van der Waals surface area contributed by atoms with Gasteiger partial charge in [-0.05, 0) is 12.0 Å². The van der Waals surface area contributed by atoms with Crippen LogP contribution >= 0.6 is 24.8 Å². The summed E-state index contributed by atoms with van der Waals surface area (Å²) in [6.07, 6.45) is 7.10. The first-order chi connectivity index (χ1) is 8.15. The molecular formula is C12H24Cl2N4O. The van der Waals surface area contributed by atoms with Gasteiger partial charge in [-0.3, -0.25) is 9.48 Å². The van der Waals surface area contributed by atoms with Crippen LogP contribution in [-0.2, 0) is 18.3 Å². The van der Waals surface area contributed by atoms with Crippen molar-refractivity contribution in [1.29, 1.82) is 0 Å². The highest BCUT2D eigenvalue weighted by Crippen LogP contribution is 2.01. The molecule has 5 nitrogen and oxygen atoms in total. The molecule has 0 spiro atoms. The number of carbonyl (C=O) groups is 1. The molecule has 1 aromatic rings. The summed E-state index contributed by atoms with van der Waals surface area (Å²) >= 11 is 0. The number of nitrogens with zero attached hydrogens (tertiary/aromatic N) is 2. The predicted molar refractivity (Wildman–Crippen MR) is 81.9 cm³/mol. The van der Waals surface area contributed by atoms with Crippen molar-refractivity contribution in [3.8, 4) is 0 Å². The third-order valence-electron chi connectivity index (χ3n) is 2.68. The van der Waals surface area contributed by atoms with E-state index in [0.29, 0.717) is 13.0 Å². The minimum Gasteiger partial charge on any atom is -0.352 e. The molecule has 1 unspecified atom stereocenters. The minimum absolute atomic E-state index is 0. The van der Waals surface area contributed by atoms with Crippen molar-refractivity contribution < 1.29 is 4.79 Å². The van der Waals surface area contributed by atoms with E-state index in [0.717, 1.165) is 24.8 Å². The Balaban J connectivity index is 0. The molecule has 1 rings (SSSR count). The molecule has 0 aliphatic rings. The van der Waals surface area contributed by atoms with Crippen LogP contribution in [0.25, 0.3) is 0 Å². The predicted octanol–water partition coefficient (Wildman–Crippen LogP) is 1.44. The van der Waals surface area contributed by atoms with Gasteiger partial charge in [-0.2, -0.15) is 5.10 Å². The van der Waals surface area contributed by atoms with Crippen molar-refractivity contribution in [2.24, 2.45) is 12.8 Å². The second-order valence-electron chi connectivity index (χ2n) is 4.34. The number of carbonyl (C=O) groups excluding carboxylic acids is 1. The highest BCUT2D eigenvalue weighted by Gasteiger charge is 2.11. The third-order valence-corrected chi connectivity index (χ3v) is 2.68. The summed E-state index contributed by atoms with van der Waals surface area (Å²) in [5.41, 5.74) is 6.56. The fraction of sp³-hybridized carbons (Fsp3) is 0.667. The van der Waals surface area contributed by atoms with Crippen LogP contribution in [0.3, 0.4) is 0 Å². The molecule has 1 amide bonds. The maximum Gasteiger partial charge on any atom is 0.224 e. The van der Waals surface area contributed by atoms with Crippen LogP contribution in [0.2, 0.25) is 0 Å². The number of amides is 1.